The fraction of sp³-hybridized carbons (Fsp3) is 0.400. The SMILES string of the molecule is CC(C)CC(N)c1cncn1Cc1ccc(Cl)cc1. The van der Waals surface area contributed by atoms with Crippen molar-refractivity contribution in [3.05, 3.63) is 53.1 Å². The molecule has 0 saturated heterocycles. The molecule has 1 heterocycles. The second-order valence-corrected chi connectivity index (χ2v) is 5.75. The Morgan fingerprint density at radius 2 is 1.95 bits per heavy atom. The van der Waals surface area contributed by atoms with Crippen molar-refractivity contribution in [2.75, 3.05) is 0 Å². The summed E-state index contributed by atoms with van der Waals surface area (Å²) in [6.07, 6.45) is 4.67. The van der Waals surface area contributed by atoms with Gasteiger partial charge in [0.2, 0.25) is 0 Å². The van der Waals surface area contributed by atoms with Crippen molar-refractivity contribution in [2.45, 2.75) is 32.9 Å². The number of imidazole rings is 1. The van der Waals surface area contributed by atoms with E-state index in [1.165, 1.54) is 5.56 Å². The van der Waals surface area contributed by atoms with E-state index in [0.717, 1.165) is 23.7 Å². The van der Waals surface area contributed by atoms with Gasteiger partial charge in [-0.2, -0.15) is 0 Å². The third-order valence-corrected chi connectivity index (χ3v) is 3.37. The Morgan fingerprint density at radius 3 is 2.58 bits per heavy atom. The van der Waals surface area contributed by atoms with Gasteiger partial charge in [0.15, 0.2) is 0 Å². The predicted molar refractivity (Wildman–Crippen MR) is 79.2 cm³/mol. The van der Waals surface area contributed by atoms with Crippen molar-refractivity contribution in [2.24, 2.45) is 11.7 Å². The molecule has 2 rings (SSSR count). The Bertz CT molecular complexity index is 516. The fourth-order valence-electron chi connectivity index (χ4n) is 2.19. The summed E-state index contributed by atoms with van der Waals surface area (Å²) >= 11 is 5.89. The number of aromatic nitrogens is 2. The maximum Gasteiger partial charge on any atom is 0.0951 e. The summed E-state index contributed by atoms with van der Waals surface area (Å²) < 4.78 is 2.11. The molecule has 102 valence electrons. The summed E-state index contributed by atoms with van der Waals surface area (Å²) in [5.41, 5.74) is 8.52. The van der Waals surface area contributed by atoms with Gasteiger partial charge < -0.3 is 10.3 Å². The fourth-order valence-corrected chi connectivity index (χ4v) is 2.31. The van der Waals surface area contributed by atoms with E-state index in [4.69, 9.17) is 17.3 Å². The molecule has 0 bridgehead atoms. The number of hydrogen-bond donors (Lipinski definition) is 1. The second kappa shape index (κ2) is 6.22. The van der Waals surface area contributed by atoms with Crippen LogP contribution in [0.4, 0.5) is 0 Å². The third kappa shape index (κ3) is 3.82. The van der Waals surface area contributed by atoms with Crippen molar-refractivity contribution in [1.29, 1.82) is 0 Å². The Labute approximate surface area is 119 Å². The van der Waals surface area contributed by atoms with Crippen LogP contribution in [-0.2, 0) is 6.54 Å². The van der Waals surface area contributed by atoms with Crippen molar-refractivity contribution in [3.63, 3.8) is 0 Å². The number of hydrogen-bond acceptors (Lipinski definition) is 2. The second-order valence-electron chi connectivity index (χ2n) is 5.31. The van der Waals surface area contributed by atoms with E-state index >= 15 is 0 Å². The molecular weight excluding hydrogens is 258 g/mol. The number of nitrogens with two attached hydrogens (primary N) is 1. The van der Waals surface area contributed by atoms with Crippen LogP contribution in [0.15, 0.2) is 36.8 Å². The molecule has 0 aliphatic heterocycles. The van der Waals surface area contributed by atoms with Crippen LogP contribution >= 0.6 is 11.6 Å². The first kappa shape index (κ1) is 14.1. The van der Waals surface area contributed by atoms with Crippen molar-refractivity contribution in [3.8, 4) is 0 Å². The third-order valence-electron chi connectivity index (χ3n) is 3.12. The van der Waals surface area contributed by atoms with Gasteiger partial charge in [-0.05, 0) is 30.0 Å². The molecule has 2 aromatic rings. The summed E-state index contributed by atoms with van der Waals surface area (Å²) in [5, 5.41) is 0.756. The summed E-state index contributed by atoms with van der Waals surface area (Å²) in [6.45, 7) is 5.14. The van der Waals surface area contributed by atoms with Gasteiger partial charge in [0, 0.05) is 23.8 Å². The minimum Gasteiger partial charge on any atom is -0.329 e. The average Bonchev–Trinajstić information content (AvgIpc) is 2.79. The first-order valence-electron chi connectivity index (χ1n) is 6.56. The lowest BCUT2D eigenvalue weighted by Gasteiger charge is -2.16. The lowest BCUT2D eigenvalue weighted by molar-refractivity contribution is 0.488. The number of halogens is 1. The summed E-state index contributed by atoms with van der Waals surface area (Å²) in [5.74, 6) is 0.578. The number of rotatable bonds is 5. The molecule has 2 N–H and O–H groups in total. The molecule has 1 aromatic heterocycles. The Hall–Kier alpha value is -1.32. The highest BCUT2D eigenvalue weighted by atomic mass is 35.5. The van der Waals surface area contributed by atoms with E-state index < -0.39 is 0 Å². The number of benzene rings is 1. The first-order chi connectivity index (χ1) is 9.06. The van der Waals surface area contributed by atoms with Crippen LogP contribution in [0.2, 0.25) is 5.02 Å². The molecule has 4 heteroatoms. The smallest absolute Gasteiger partial charge is 0.0951 e. The summed E-state index contributed by atoms with van der Waals surface area (Å²) in [4.78, 5) is 4.22. The lowest BCUT2D eigenvalue weighted by atomic mass is 10.0. The standard InChI is InChI=1S/C15H20ClN3/c1-11(2)7-14(17)15-8-18-10-19(15)9-12-3-5-13(16)6-4-12/h3-6,8,10-11,14H,7,9,17H2,1-2H3. The topological polar surface area (TPSA) is 43.8 Å². The van der Waals surface area contributed by atoms with Gasteiger partial charge >= 0.3 is 0 Å². The van der Waals surface area contributed by atoms with Gasteiger partial charge in [0.1, 0.15) is 0 Å². The van der Waals surface area contributed by atoms with Crippen molar-refractivity contribution < 1.29 is 0 Å². The normalized spacial score (nSPS) is 12.9. The van der Waals surface area contributed by atoms with E-state index in [0.29, 0.717) is 5.92 Å². The Balaban J connectivity index is 2.13. The van der Waals surface area contributed by atoms with Gasteiger partial charge in [-0.1, -0.05) is 37.6 Å². The average molecular weight is 278 g/mol. The van der Waals surface area contributed by atoms with Crippen LogP contribution in [-0.4, -0.2) is 9.55 Å². The van der Waals surface area contributed by atoms with Gasteiger partial charge in [0.05, 0.1) is 12.0 Å². The molecule has 3 nitrogen and oxygen atoms in total. The molecule has 0 aliphatic rings. The lowest BCUT2D eigenvalue weighted by Crippen LogP contribution is -2.17. The molecule has 1 atom stereocenters. The molecule has 0 radical (unpaired) electrons. The van der Waals surface area contributed by atoms with Crippen LogP contribution in [0, 0.1) is 5.92 Å². The van der Waals surface area contributed by atoms with Crippen LogP contribution in [0.3, 0.4) is 0 Å². The zero-order chi connectivity index (χ0) is 13.8. The Kier molecular flexibility index (Phi) is 4.61. The maximum atomic E-state index is 6.24. The quantitative estimate of drug-likeness (QED) is 0.907. The van der Waals surface area contributed by atoms with Crippen LogP contribution in [0.25, 0.3) is 0 Å². The highest BCUT2D eigenvalue weighted by Crippen LogP contribution is 2.19. The maximum absolute atomic E-state index is 6.24. The summed E-state index contributed by atoms with van der Waals surface area (Å²) in [7, 11) is 0. The molecule has 0 aliphatic carbocycles. The van der Waals surface area contributed by atoms with Crippen LogP contribution < -0.4 is 5.73 Å². The predicted octanol–water partition coefficient (Wildman–Crippen LogP) is 3.63. The zero-order valence-electron chi connectivity index (χ0n) is 11.4. The number of nitrogens with zero attached hydrogens (tertiary/aromatic N) is 2. The van der Waals surface area contributed by atoms with E-state index in [-0.39, 0.29) is 6.04 Å². The van der Waals surface area contributed by atoms with Gasteiger partial charge in [-0.25, -0.2) is 4.98 Å². The van der Waals surface area contributed by atoms with Gasteiger partial charge in [-0.3, -0.25) is 0 Å². The molecule has 0 amide bonds. The zero-order valence-corrected chi connectivity index (χ0v) is 12.1. The largest absolute Gasteiger partial charge is 0.329 e. The van der Waals surface area contributed by atoms with Crippen molar-refractivity contribution >= 4 is 11.6 Å². The molecule has 1 unspecified atom stereocenters. The molecule has 1 aromatic carbocycles. The molecule has 0 fully saturated rings. The molecular formula is C15H20ClN3. The van der Waals surface area contributed by atoms with Gasteiger partial charge in [-0.15, -0.1) is 0 Å². The highest BCUT2D eigenvalue weighted by Gasteiger charge is 2.13. The summed E-state index contributed by atoms with van der Waals surface area (Å²) in [6, 6.07) is 7.90. The van der Waals surface area contributed by atoms with Crippen molar-refractivity contribution in [1.82, 2.24) is 9.55 Å². The minimum atomic E-state index is 0.0369. The Morgan fingerprint density at radius 1 is 1.26 bits per heavy atom. The minimum absolute atomic E-state index is 0.0369. The van der Waals surface area contributed by atoms with E-state index in [1.54, 1.807) is 0 Å². The molecule has 19 heavy (non-hydrogen) atoms. The van der Waals surface area contributed by atoms with Crippen LogP contribution in [0.5, 0.6) is 0 Å². The molecule has 0 spiro atoms. The monoisotopic (exact) mass is 277 g/mol. The first-order valence-corrected chi connectivity index (χ1v) is 6.94. The van der Waals surface area contributed by atoms with Crippen LogP contribution in [0.1, 0.15) is 37.6 Å². The van der Waals surface area contributed by atoms with E-state index in [1.807, 2.05) is 36.8 Å². The van der Waals surface area contributed by atoms with E-state index in [9.17, 15) is 0 Å². The molecule has 0 saturated carbocycles. The highest BCUT2D eigenvalue weighted by molar-refractivity contribution is 6.30. The van der Waals surface area contributed by atoms with E-state index in [2.05, 4.69) is 23.4 Å². The van der Waals surface area contributed by atoms with Gasteiger partial charge in [0.25, 0.3) is 0 Å².